The molecule has 0 atom stereocenters. The standard InChI is InChI=1S/C13H10F3NO2S/c1-19-9-4-2-3-8(5-9)6-10(18)11-7-17-12(20-11)13(14,15)16/h2-5,7H,6H2,1H3. The minimum Gasteiger partial charge on any atom is -0.497 e. The van der Waals surface area contributed by atoms with Gasteiger partial charge in [0.05, 0.1) is 12.0 Å². The van der Waals surface area contributed by atoms with Gasteiger partial charge >= 0.3 is 6.18 Å². The molecule has 0 saturated carbocycles. The summed E-state index contributed by atoms with van der Waals surface area (Å²) in [4.78, 5) is 15.1. The van der Waals surface area contributed by atoms with E-state index in [9.17, 15) is 18.0 Å². The molecule has 0 aliphatic carbocycles. The molecule has 106 valence electrons. The molecule has 0 unspecified atom stereocenters. The molecule has 0 amide bonds. The number of rotatable bonds is 4. The number of halogens is 3. The van der Waals surface area contributed by atoms with Crippen LogP contribution in [0, 0.1) is 0 Å². The van der Waals surface area contributed by atoms with Crippen molar-refractivity contribution >= 4 is 17.1 Å². The third-order valence-electron chi connectivity index (χ3n) is 2.52. The summed E-state index contributed by atoms with van der Waals surface area (Å²) in [5.41, 5.74) is 0.677. The second-order valence-electron chi connectivity index (χ2n) is 3.98. The first-order valence-electron chi connectivity index (χ1n) is 5.59. The number of ether oxygens (including phenoxy) is 1. The molecule has 3 nitrogen and oxygen atoms in total. The number of carbonyl (C=O) groups is 1. The predicted molar refractivity (Wildman–Crippen MR) is 68.1 cm³/mol. The van der Waals surface area contributed by atoms with Gasteiger partial charge in [-0.25, -0.2) is 4.98 Å². The summed E-state index contributed by atoms with van der Waals surface area (Å²) in [7, 11) is 1.50. The number of methoxy groups -OCH3 is 1. The lowest BCUT2D eigenvalue weighted by Gasteiger charge is -2.03. The lowest BCUT2D eigenvalue weighted by molar-refractivity contribution is -0.137. The number of Topliss-reactive ketones (excluding diaryl/α,β-unsaturated/α-hetero) is 1. The van der Waals surface area contributed by atoms with Gasteiger partial charge in [-0.05, 0) is 17.7 Å². The molecule has 20 heavy (non-hydrogen) atoms. The molecule has 0 saturated heterocycles. The molecule has 1 aromatic carbocycles. The fourth-order valence-corrected chi connectivity index (χ4v) is 2.31. The summed E-state index contributed by atoms with van der Waals surface area (Å²) in [6.07, 6.45) is -3.54. The zero-order valence-electron chi connectivity index (χ0n) is 10.4. The van der Waals surface area contributed by atoms with Crippen LogP contribution in [0.25, 0.3) is 0 Å². The molecular formula is C13H10F3NO2S. The van der Waals surface area contributed by atoms with Gasteiger partial charge in [0.15, 0.2) is 10.8 Å². The zero-order valence-corrected chi connectivity index (χ0v) is 11.2. The number of benzene rings is 1. The molecule has 0 fully saturated rings. The van der Waals surface area contributed by atoms with Crippen LogP contribution < -0.4 is 4.74 Å². The summed E-state index contributed by atoms with van der Waals surface area (Å²) in [6.45, 7) is 0. The molecule has 2 aromatic rings. The van der Waals surface area contributed by atoms with Gasteiger partial charge in [-0.1, -0.05) is 12.1 Å². The molecule has 2 rings (SSSR count). The van der Waals surface area contributed by atoms with Crippen LogP contribution in [0.15, 0.2) is 30.5 Å². The number of alkyl halides is 3. The van der Waals surface area contributed by atoms with Crippen molar-refractivity contribution in [2.24, 2.45) is 0 Å². The van der Waals surface area contributed by atoms with Crippen molar-refractivity contribution in [2.75, 3.05) is 7.11 Å². The molecule has 7 heteroatoms. The van der Waals surface area contributed by atoms with E-state index in [1.54, 1.807) is 24.3 Å². The van der Waals surface area contributed by atoms with E-state index in [0.29, 0.717) is 22.6 Å². The van der Waals surface area contributed by atoms with Gasteiger partial charge in [-0.15, -0.1) is 11.3 Å². The molecule has 0 aliphatic heterocycles. The second kappa shape index (κ2) is 5.62. The van der Waals surface area contributed by atoms with Crippen LogP contribution in [0.2, 0.25) is 0 Å². The highest BCUT2D eigenvalue weighted by molar-refractivity contribution is 7.13. The lowest BCUT2D eigenvalue weighted by atomic mass is 10.1. The van der Waals surface area contributed by atoms with Gasteiger partial charge < -0.3 is 4.74 Å². The Balaban J connectivity index is 2.13. The summed E-state index contributed by atoms with van der Waals surface area (Å²) in [5.74, 6) is 0.196. The number of thiazole rings is 1. The van der Waals surface area contributed by atoms with Gasteiger partial charge in [-0.3, -0.25) is 4.79 Å². The highest BCUT2D eigenvalue weighted by atomic mass is 32.1. The van der Waals surface area contributed by atoms with Crippen LogP contribution >= 0.6 is 11.3 Å². The van der Waals surface area contributed by atoms with E-state index in [2.05, 4.69) is 4.98 Å². The summed E-state index contributed by atoms with van der Waals surface area (Å²) >= 11 is 0.360. The van der Waals surface area contributed by atoms with Gasteiger partial charge in [0.2, 0.25) is 0 Å². The maximum atomic E-state index is 12.4. The van der Waals surface area contributed by atoms with E-state index in [1.165, 1.54) is 7.11 Å². The summed E-state index contributed by atoms with van der Waals surface area (Å²) in [5, 5.41) is -1.01. The Hall–Kier alpha value is -1.89. The van der Waals surface area contributed by atoms with Crippen molar-refractivity contribution in [2.45, 2.75) is 12.6 Å². The third-order valence-corrected chi connectivity index (χ3v) is 3.61. The van der Waals surface area contributed by atoms with E-state index < -0.39 is 17.0 Å². The van der Waals surface area contributed by atoms with Gasteiger partial charge in [0.25, 0.3) is 0 Å². The normalized spacial score (nSPS) is 11.4. The van der Waals surface area contributed by atoms with Gasteiger partial charge in [-0.2, -0.15) is 13.2 Å². The van der Waals surface area contributed by atoms with E-state index in [1.807, 2.05) is 0 Å². The van der Waals surface area contributed by atoms with Crippen LogP contribution in [0.4, 0.5) is 13.2 Å². The highest BCUT2D eigenvalue weighted by Gasteiger charge is 2.35. The predicted octanol–water partition coefficient (Wildman–Crippen LogP) is 3.60. The number of hydrogen-bond acceptors (Lipinski definition) is 4. The maximum Gasteiger partial charge on any atom is 0.443 e. The Morgan fingerprint density at radius 3 is 2.75 bits per heavy atom. The molecule has 1 heterocycles. The zero-order chi connectivity index (χ0) is 14.8. The highest BCUT2D eigenvalue weighted by Crippen LogP contribution is 2.32. The number of hydrogen-bond donors (Lipinski definition) is 0. The molecule has 0 radical (unpaired) electrons. The fourth-order valence-electron chi connectivity index (χ4n) is 1.59. The van der Waals surface area contributed by atoms with E-state index >= 15 is 0 Å². The minimum atomic E-state index is -4.51. The van der Waals surface area contributed by atoms with Crippen LogP contribution in [-0.2, 0) is 12.6 Å². The Labute approximate surface area is 117 Å². The molecule has 0 bridgehead atoms. The molecule has 1 aromatic heterocycles. The molecule has 0 aliphatic rings. The Kier molecular flexibility index (Phi) is 4.08. The molecule has 0 N–H and O–H groups in total. The second-order valence-corrected chi connectivity index (χ2v) is 5.01. The van der Waals surface area contributed by atoms with E-state index in [0.717, 1.165) is 6.20 Å². The van der Waals surface area contributed by atoms with Gasteiger partial charge in [0.1, 0.15) is 5.75 Å². The average Bonchev–Trinajstić information content (AvgIpc) is 2.88. The number of aromatic nitrogens is 1. The first-order valence-corrected chi connectivity index (χ1v) is 6.41. The van der Waals surface area contributed by atoms with Crippen molar-refractivity contribution in [1.29, 1.82) is 0 Å². The largest absolute Gasteiger partial charge is 0.497 e. The third kappa shape index (κ3) is 3.36. The number of carbonyl (C=O) groups excluding carboxylic acids is 1. The quantitative estimate of drug-likeness (QED) is 0.810. The van der Waals surface area contributed by atoms with Gasteiger partial charge in [0, 0.05) is 12.6 Å². The van der Waals surface area contributed by atoms with Crippen molar-refractivity contribution in [1.82, 2.24) is 4.98 Å². The smallest absolute Gasteiger partial charge is 0.443 e. The Morgan fingerprint density at radius 1 is 1.40 bits per heavy atom. The lowest BCUT2D eigenvalue weighted by Crippen LogP contribution is -2.03. The van der Waals surface area contributed by atoms with E-state index in [-0.39, 0.29) is 11.3 Å². The maximum absolute atomic E-state index is 12.4. The van der Waals surface area contributed by atoms with Crippen LogP contribution in [0.3, 0.4) is 0 Å². The van der Waals surface area contributed by atoms with Crippen molar-refractivity contribution in [3.05, 3.63) is 45.9 Å². The van der Waals surface area contributed by atoms with Crippen molar-refractivity contribution < 1.29 is 22.7 Å². The monoisotopic (exact) mass is 301 g/mol. The molecule has 0 spiro atoms. The number of ketones is 1. The number of nitrogens with zero attached hydrogens (tertiary/aromatic N) is 1. The summed E-state index contributed by atoms with van der Waals surface area (Å²) in [6, 6.07) is 6.83. The first kappa shape index (κ1) is 14.5. The first-order chi connectivity index (χ1) is 9.40. The fraction of sp³-hybridized carbons (Fsp3) is 0.231. The van der Waals surface area contributed by atoms with Crippen LogP contribution in [0.5, 0.6) is 5.75 Å². The Bertz CT molecular complexity index is 622. The minimum absolute atomic E-state index is 0.000134. The SMILES string of the molecule is COc1cccc(CC(=O)c2cnc(C(F)(F)F)s2)c1. The van der Waals surface area contributed by atoms with E-state index in [4.69, 9.17) is 4.74 Å². The van der Waals surface area contributed by atoms with Crippen LogP contribution in [-0.4, -0.2) is 17.9 Å². The van der Waals surface area contributed by atoms with Crippen molar-refractivity contribution in [3.63, 3.8) is 0 Å². The Morgan fingerprint density at radius 2 is 2.15 bits per heavy atom. The molecular weight excluding hydrogens is 291 g/mol. The van der Waals surface area contributed by atoms with Crippen LogP contribution in [0.1, 0.15) is 20.2 Å². The topological polar surface area (TPSA) is 39.2 Å². The average molecular weight is 301 g/mol. The summed E-state index contributed by atoms with van der Waals surface area (Å²) < 4.78 is 42.3. The van der Waals surface area contributed by atoms with Crippen molar-refractivity contribution in [3.8, 4) is 5.75 Å².